The summed E-state index contributed by atoms with van der Waals surface area (Å²) in [6.45, 7) is 1.55. The zero-order valence-electron chi connectivity index (χ0n) is 10.2. The number of nitrogens with zero attached hydrogens (tertiary/aromatic N) is 1. The summed E-state index contributed by atoms with van der Waals surface area (Å²) in [6, 6.07) is 15.9. The third kappa shape index (κ3) is 2.57. The van der Waals surface area contributed by atoms with E-state index < -0.39 is 0 Å². The van der Waals surface area contributed by atoms with E-state index in [1.165, 1.54) is 0 Å². The summed E-state index contributed by atoms with van der Waals surface area (Å²) in [5, 5.41) is 1.14. The van der Waals surface area contributed by atoms with Crippen molar-refractivity contribution < 1.29 is 4.74 Å². The van der Waals surface area contributed by atoms with Gasteiger partial charge in [0.25, 0.3) is 0 Å². The quantitative estimate of drug-likeness (QED) is 0.807. The molecule has 2 aromatic rings. The summed E-state index contributed by atoms with van der Waals surface area (Å²) in [4.78, 5) is 2.19. The van der Waals surface area contributed by atoms with E-state index >= 15 is 0 Å². The third-order valence-electron chi connectivity index (χ3n) is 3.21. The smallest absolute Gasteiger partial charge is 0.156 e. The average Bonchev–Trinajstić information content (AvgIpc) is 2.92. The van der Waals surface area contributed by atoms with Crippen molar-refractivity contribution in [3.63, 3.8) is 0 Å². The molecule has 2 nitrogen and oxygen atoms in total. The van der Waals surface area contributed by atoms with E-state index in [0.29, 0.717) is 16.7 Å². The molecule has 1 atom stereocenters. The zero-order chi connectivity index (χ0) is 13.2. The standard InChI is InChI=1S/C15H13Cl2NO/c16-13-7-6-12(10-14(13)17)18-8-9-19-15(18)11-4-2-1-3-5-11/h1-7,10,15H,8-9H2. The highest BCUT2D eigenvalue weighted by atomic mass is 35.5. The Labute approximate surface area is 122 Å². The van der Waals surface area contributed by atoms with Gasteiger partial charge in [0.2, 0.25) is 0 Å². The number of benzene rings is 2. The summed E-state index contributed by atoms with van der Waals surface area (Å²) >= 11 is 12.0. The molecule has 4 heteroatoms. The van der Waals surface area contributed by atoms with Gasteiger partial charge in [-0.2, -0.15) is 0 Å². The monoisotopic (exact) mass is 293 g/mol. The molecule has 3 rings (SSSR count). The number of hydrogen-bond acceptors (Lipinski definition) is 2. The Balaban J connectivity index is 1.93. The Morgan fingerprint density at radius 1 is 1.00 bits per heavy atom. The summed E-state index contributed by atoms with van der Waals surface area (Å²) in [5.41, 5.74) is 2.17. The highest BCUT2D eigenvalue weighted by Crippen LogP contribution is 2.35. The Bertz CT molecular complexity index is 574. The van der Waals surface area contributed by atoms with Crippen LogP contribution in [0.4, 0.5) is 5.69 Å². The molecule has 19 heavy (non-hydrogen) atoms. The van der Waals surface area contributed by atoms with Crippen LogP contribution in [0.15, 0.2) is 48.5 Å². The fourth-order valence-corrected chi connectivity index (χ4v) is 2.58. The third-order valence-corrected chi connectivity index (χ3v) is 3.95. The molecule has 0 amide bonds. The van der Waals surface area contributed by atoms with E-state index in [4.69, 9.17) is 27.9 Å². The molecular weight excluding hydrogens is 281 g/mol. The van der Waals surface area contributed by atoms with Crippen LogP contribution in [0.1, 0.15) is 11.8 Å². The van der Waals surface area contributed by atoms with Crippen LogP contribution in [-0.2, 0) is 4.74 Å². The van der Waals surface area contributed by atoms with Gasteiger partial charge >= 0.3 is 0 Å². The predicted octanol–water partition coefficient (Wildman–Crippen LogP) is 4.53. The summed E-state index contributed by atoms with van der Waals surface area (Å²) in [6.07, 6.45) is -0.0570. The minimum Gasteiger partial charge on any atom is -0.352 e. The van der Waals surface area contributed by atoms with Crippen LogP contribution >= 0.6 is 23.2 Å². The molecule has 0 aromatic heterocycles. The molecule has 0 spiro atoms. The van der Waals surface area contributed by atoms with Crippen molar-refractivity contribution in [1.82, 2.24) is 0 Å². The Hall–Kier alpha value is -1.22. The molecule has 1 aliphatic rings. The second kappa shape index (κ2) is 5.41. The molecule has 1 fully saturated rings. The van der Waals surface area contributed by atoms with Gasteiger partial charge in [-0.3, -0.25) is 0 Å². The van der Waals surface area contributed by atoms with E-state index in [9.17, 15) is 0 Å². The van der Waals surface area contributed by atoms with Crippen LogP contribution in [-0.4, -0.2) is 13.2 Å². The molecule has 1 heterocycles. The molecular formula is C15H13Cl2NO. The molecule has 98 valence electrons. The maximum Gasteiger partial charge on any atom is 0.156 e. The maximum absolute atomic E-state index is 6.09. The van der Waals surface area contributed by atoms with Crippen molar-refractivity contribution in [2.24, 2.45) is 0 Å². The molecule has 0 N–H and O–H groups in total. The molecule has 0 saturated carbocycles. The second-order valence-corrected chi connectivity index (χ2v) is 5.24. The van der Waals surface area contributed by atoms with Gasteiger partial charge in [0, 0.05) is 17.8 Å². The summed E-state index contributed by atoms with van der Waals surface area (Å²) in [5.74, 6) is 0. The molecule has 1 aliphatic heterocycles. The fourth-order valence-electron chi connectivity index (χ4n) is 2.29. The molecule has 0 aliphatic carbocycles. The van der Waals surface area contributed by atoms with Crippen molar-refractivity contribution in [2.45, 2.75) is 6.23 Å². The van der Waals surface area contributed by atoms with Crippen LogP contribution in [0.3, 0.4) is 0 Å². The van der Waals surface area contributed by atoms with Gasteiger partial charge in [-0.1, -0.05) is 53.5 Å². The highest BCUT2D eigenvalue weighted by Gasteiger charge is 2.27. The Morgan fingerprint density at radius 3 is 2.53 bits per heavy atom. The average molecular weight is 294 g/mol. The van der Waals surface area contributed by atoms with Gasteiger partial charge in [0.05, 0.1) is 16.7 Å². The van der Waals surface area contributed by atoms with Crippen LogP contribution in [0, 0.1) is 0 Å². The summed E-state index contributed by atoms with van der Waals surface area (Å²) in [7, 11) is 0. The van der Waals surface area contributed by atoms with Crippen molar-refractivity contribution in [3.05, 3.63) is 64.1 Å². The summed E-state index contributed by atoms with van der Waals surface area (Å²) < 4.78 is 5.83. The first-order valence-corrected chi connectivity index (χ1v) is 6.89. The van der Waals surface area contributed by atoms with E-state index in [-0.39, 0.29) is 6.23 Å². The minimum absolute atomic E-state index is 0.0570. The molecule has 1 unspecified atom stereocenters. The lowest BCUT2D eigenvalue weighted by atomic mass is 10.1. The Morgan fingerprint density at radius 2 is 1.79 bits per heavy atom. The minimum atomic E-state index is -0.0570. The second-order valence-electron chi connectivity index (χ2n) is 4.43. The van der Waals surface area contributed by atoms with Gasteiger partial charge in [-0.05, 0) is 18.2 Å². The topological polar surface area (TPSA) is 12.5 Å². The normalized spacial score (nSPS) is 18.8. The van der Waals surface area contributed by atoms with Crippen LogP contribution in [0.5, 0.6) is 0 Å². The van der Waals surface area contributed by atoms with Gasteiger partial charge in [-0.25, -0.2) is 0 Å². The van der Waals surface area contributed by atoms with Crippen molar-refractivity contribution >= 4 is 28.9 Å². The first kappa shape index (κ1) is 12.8. The number of rotatable bonds is 2. The zero-order valence-corrected chi connectivity index (χ0v) is 11.7. The first-order valence-electron chi connectivity index (χ1n) is 6.14. The van der Waals surface area contributed by atoms with E-state index in [1.54, 1.807) is 0 Å². The highest BCUT2D eigenvalue weighted by molar-refractivity contribution is 6.42. The molecule has 0 bridgehead atoms. The first-order chi connectivity index (χ1) is 9.25. The largest absolute Gasteiger partial charge is 0.352 e. The van der Waals surface area contributed by atoms with Crippen molar-refractivity contribution in [1.29, 1.82) is 0 Å². The van der Waals surface area contributed by atoms with Gasteiger partial charge in [0.1, 0.15) is 0 Å². The number of halogens is 2. The lowest BCUT2D eigenvalue weighted by Gasteiger charge is -2.25. The molecule has 1 saturated heterocycles. The Kier molecular flexibility index (Phi) is 3.65. The lowest BCUT2D eigenvalue weighted by molar-refractivity contribution is 0.114. The number of hydrogen-bond donors (Lipinski definition) is 0. The van der Waals surface area contributed by atoms with E-state index in [1.807, 2.05) is 36.4 Å². The molecule has 0 radical (unpaired) electrons. The van der Waals surface area contributed by atoms with E-state index in [2.05, 4.69) is 17.0 Å². The van der Waals surface area contributed by atoms with Crippen LogP contribution < -0.4 is 4.90 Å². The predicted molar refractivity (Wildman–Crippen MR) is 78.9 cm³/mol. The van der Waals surface area contributed by atoms with Gasteiger partial charge in [0.15, 0.2) is 6.23 Å². The van der Waals surface area contributed by atoms with Gasteiger partial charge in [-0.15, -0.1) is 0 Å². The van der Waals surface area contributed by atoms with Gasteiger partial charge < -0.3 is 9.64 Å². The van der Waals surface area contributed by atoms with Crippen molar-refractivity contribution in [2.75, 3.05) is 18.1 Å². The fraction of sp³-hybridized carbons (Fsp3) is 0.200. The van der Waals surface area contributed by atoms with Crippen LogP contribution in [0.25, 0.3) is 0 Å². The van der Waals surface area contributed by atoms with Crippen LogP contribution in [0.2, 0.25) is 10.0 Å². The number of anilines is 1. The SMILES string of the molecule is Clc1ccc(N2CCOC2c2ccccc2)cc1Cl. The van der Waals surface area contributed by atoms with E-state index in [0.717, 1.165) is 17.8 Å². The molecule has 2 aromatic carbocycles. The van der Waals surface area contributed by atoms with Crippen molar-refractivity contribution in [3.8, 4) is 0 Å². The lowest BCUT2D eigenvalue weighted by Crippen LogP contribution is -2.23. The number of ether oxygens (including phenoxy) is 1. The maximum atomic E-state index is 6.09.